The second-order valence-corrected chi connectivity index (χ2v) is 3.26. The van der Waals surface area contributed by atoms with E-state index < -0.39 is 0 Å². The molecule has 1 aromatic rings. The van der Waals surface area contributed by atoms with Crippen LogP contribution in [-0.4, -0.2) is 24.6 Å². The van der Waals surface area contributed by atoms with E-state index in [-0.39, 0.29) is 0 Å². The number of aromatic nitrogens is 1. The third-order valence-corrected chi connectivity index (χ3v) is 2.22. The van der Waals surface area contributed by atoms with Gasteiger partial charge in [-0.2, -0.15) is 0 Å². The summed E-state index contributed by atoms with van der Waals surface area (Å²) in [5, 5.41) is 6.73. The topological polar surface area (TPSA) is 63.0 Å². The highest BCUT2D eigenvalue weighted by atomic mass is 15.1. The van der Waals surface area contributed by atoms with E-state index in [9.17, 15) is 0 Å². The summed E-state index contributed by atoms with van der Waals surface area (Å²) >= 11 is 0. The van der Waals surface area contributed by atoms with E-state index in [2.05, 4.69) is 15.6 Å². The first-order chi connectivity index (χ1) is 6.36. The average molecular weight is 178 g/mol. The van der Waals surface area contributed by atoms with Crippen LogP contribution in [0.5, 0.6) is 0 Å². The Morgan fingerprint density at radius 1 is 1.38 bits per heavy atom. The maximum Gasteiger partial charge on any atom is 0.0503 e. The minimum atomic E-state index is 0.352. The molecule has 0 bridgehead atoms. The Labute approximate surface area is 77.5 Å². The van der Waals surface area contributed by atoms with Gasteiger partial charge in [-0.25, -0.2) is 0 Å². The number of piperazine rings is 1. The van der Waals surface area contributed by atoms with Gasteiger partial charge in [0.05, 0.1) is 5.69 Å². The first kappa shape index (κ1) is 8.47. The van der Waals surface area contributed by atoms with Gasteiger partial charge in [0, 0.05) is 38.1 Å². The highest BCUT2D eigenvalue weighted by Gasteiger charge is 2.13. The van der Waals surface area contributed by atoms with Gasteiger partial charge in [-0.1, -0.05) is 0 Å². The van der Waals surface area contributed by atoms with Crippen molar-refractivity contribution in [3.63, 3.8) is 0 Å². The molecule has 2 heterocycles. The van der Waals surface area contributed by atoms with Crippen LogP contribution >= 0.6 is 0 Å². The molecule has 0 aromatic carbocycles. The summed E-state index contributed by atoms with van der Waals surface area (Å²) in [5.74, 6) is 0. The van der Waals surface area contributed by atoms with E-state index in [1.54, 1.807) is 6.20 Å². The molecule has 4 N–H and O–H groups in total. The third kappa shape index (κ3) is 1.96. The summed E-state index contributed by atoms with van der Waals surface area (Å²) in [7, 11) is 0. The van der Waals surface area contributed by atoms with E-state index in [1.165, 1.54) is 0 Å². The molecule has 1 aliphatic rings. The van der Waals surface area contributed by atoms with Crippen LogP contribution < -0.4 is 16.4 Å². The summed E-state index contributed by atoms with van der Waals surface area (Å²) in [6.07, 6.45) is 3.53. The Bertz CT molecular complexity index is 281. The Hall–Kier alpha value is -1.13. The molecule has 4 nitrogen and oxygen atoms in total. The summed E-state index contributed by atoms with van der Waals surface area (Å²) < 4.78 is 0. The summed E-state index contributed by atoms with van der Waals surface area (Å²) in [4.78, 5) is 4.07. The molecule has 1 aliphatic heterocycles. The smallest absolute Gasteiger partial charge is 0.0503 e. The predicted molar refractivity (Wildman–Crippen MR) is 52.3 cm³/mol. The molecule has 0 saturated carbocycles. The monoisotopic (exact) mass is 178 g/mol. The molecule has 1 saturated heterocycles. The lowest BCUT2D eigenvalue weighted by molar-refractivity contribution is 0.429. The number of hydrogen-bond acceptors (Lipinski definition) is 4. The second-order valence-electron chi connectivity index (χ2n) is 3.26. The average Bonchev–Trinajstić information content (AvgIpc) is 2.19. The zero-order valence-corrected chi connectivity index (χ0v) is 7.46. The summed E-state index contributed by atoms with van der Waals surface area (Å²) in [5.41, 5.74) is 7.54. The van der Waals surface area contributed by atoms with Crippen molar-refractivity contribution in [3.8, 4) is 0 Å². The lowest BCUT2D eigenvalue weighted by Crippen LogP contribution is -2.42. The molecule has 13 heavy (non-hydrogen) atoms. The Balaban J connectivity index is 2.14. The van der Waals surface area contributed by atoms with Crippen molar-refractivity contribution >= 4 is 5.69 Å². The predicted octanol–water partition coefficient (Wildman–Crippen LogP) is -0.102. The Morgan fingerprint density at radius 2 is 2.31 bits per heavy atom. The van der Waals surface area contributed by atoms with E-state index in [4.69, 9.17) is 5.73 Å². The number of hydrogen-bond donors (Lipinski definition) is 3. The van der Waals surface area contributed by atoms with E-state index in [1.807, 2.05) is 12.3 Å². The van der Waals surface area contributed by atoms with Crippen LogP contribution in [0.3, 0.4) is 0 Å². The van der Waals surface area contributed by atoms with Crippen molar-refractivity contribution in [2.45, 2.75) is 6.04 Å². The van der Waals surface area contributed by atoms with Gasteiger partial charge in [0.25, 0.3) is 0 Å². The molecule has 0 amide bonds. The molecule has 1 atom stereocenters. The summed E-state index contributed by atoms with van der Waals surface area (Å²) in [6, 6.07) is 2.32. The van der Waals surface area contributed by atoms with Gasteiger partial charge in [0.2, 0.25) is 0 Å². The zero-order chi connectivity index (χ0) is 9.10. The zero-order valence-electron chi connectivity index (χ0n) is 7.46. The second kappa shape index (κ2) is 3.72. The van der Waals surface area contributed by atoms with Gasteiger partial charge < -0.3 is 16.4 Å². The maximum atomic E-state index is 5.65. The number of nitrogens with two attached hydrogens (primary N) is 1. The van der Waals surface area contributed by atoms with E-state index in [0.717, 1.165) is 30.9 Å². The fourth-order valence-electron chi connectivity index (χ4n) is 1.56. The van der Waals surface area contributed by atoms with Crippen molar-refractivity contribution in [1.82, 2.24) is 15.6 Å². The van der Waals surface area contributed by atoms with Crippen LogP contribution in [0, 0.1) is 0 Å². The standard InChI is InChI=1S/C9H14N4/c10-8-3-7(4-12-5-8)9-6-11-1-2-13-9/h3-5,9,11,13H,1-2,6,10H2/t9-/m0/s1. The van der Waals surface area contributed by atoms with Crippen molar-refractivity contribution in [2.75, 3.05) is 25.4 Å². The van der Waals surface area contributed by atoms with Gasteiger partial charge >= 0.3 is 0 Å². The van der Waals surface area contributed by atoms with Gasteiger partial charge in [-0.05, 0) is 11.6 Å². The normalized spacial score (nSPS) is 22.9. The summed E-state index contributed by atoms with van der Waals surface area (Å²) in [6.45, 7) is 2.98. The lowest BCUT2D eigenvalue weighted by atomic mass is 10.1. The number of rotatable bonds is 1. The molecule has 0 unspecified atom stereocenters. The van der Waals surface area contributed by atoms with Crippen molar-refractivity contribution in [3.05, 3.63) is 24.0 Å². The van der Waals surface area contributed by atoms with Gasteiger partial charge in [-0.15, -0.1) is 0 Å². The number of pyridine rings is 1. The number of nitrogens with one attached hydrogen (secondary N) is 2. The minimum Gasteiger partial charge on any atom is -0.397 e. The maximum absolute atomic E-state index is 5.65. The molecule has 0 spiro atoms. The van der Waals surface area contributed by atoms with Gasteiger partial charge in [-0.3, -0.25) is 4.98 Å². The number of nitrogens with zero attached hydrogens (tertiary/aromatic N) is 1. The Kier molecular flexibility index (Phi) is 2.42. The van der Waals surface area contributed by atoms with Crippen LogP contribution in [0.2, 0.25) is 0 Å². The first-order valence-electron chi connectivity index (χ1n) is 4.51. The largest absolute Gasteiger partial charge is 0.397 e. The molecule has 70 valence electrons. The number of anilines is 1. The quantitative estimate of drug-likeness (QED) is 0.562. The fourth-order valence-corrected chi connectivity index (χ4v) is 1.56. The highest BCUT2D eigenvalue weighted by molar-refractivity contribution is 5.38. The van der Waals surface area contributed by atoms with E-state index in [0.29, 0.717) is 6.04 Å². The third-order valence-electron chi connectivity index (χ3n) is 2.22. The van der Waals surface area contributed by atoms with Crippen molar-refractivity contribution in [2.24, 2.45) is 0 Å². The molecule has 4 heteroatoms. The van der Waals surface area contributed by atoms with Crippen LogP contribution in [0.1, 0.15) is 11.6 Å². The van der Waals surface area contributed by atoms with Crippen LogP contribution in [0.15, 0.2) is 18.5 Å². The molecular formula is C9H14N4. The molecule has 2 rings (SSSR count). The lowest BCUT2D eigenvalue weighted by Gasteiger charge is -2.24. The van der Waals surface area contributed by atoms with Gasteiger partial charge in [0.1, 0.15) is 0 Å². The Morgan fingerprint density at radius 3 is 3.00 bits per heavy atom. The SMILES string of the molecule is Nc1cncc([C@@H]2CNCCN2)c1. The van der Waals surface area contributed by atoms with Crippen LogP contribution in [-0.2, 0) is 0 Å². The molecular weight excluding hydrogens is 164 g/mol. The van der Waals surface area contributed by atoms with Crippen LogP contribution in [0.25, 0.3) is 0 Å². The molecule has 0 aliphatic carbocycles. The van der Waals surface area contributed by atoms with E-state index >= 15 is 0 Å². The van der Waals surface area contributed by atoms with Crippen molar-refractivity contribution < 1.29 is 0 Å². The number of nitrogen functional groups attached to an aromatic ring is 1. The highest BCUT2D eigenvalue weighted by Crippen LogP contribution is 2.14. The fraction of sp³-hybridized carbons (Fsp3) is 0.444. The molecule has 1 fully saturated rings. The molecule has 1 aromatic heterocycles. The van der Waals surface area contributed by atoms with Gasteiger partial charge in [0.15, 0.2) is 0 Å². The molecule has 0 radical (unpaired) electrons. The van der Waals surface area contributed by atoms with Crippen molar-refractivity contribution in [1.29, 1.82) is 0 Å². The minimum absolute atomic E-state index is 0.352. The van der Waals surface area contributed by atoms with Crippen LogP contribution in [0.4, 0.5) is 5.69 Å². The first-order valence-corrected chi connectivity index (χ1v) is 4.51.